The molecule has 0 radical (unpaired) electrons. The van der Waals surface area contributed by atoms with Crippen molar-refractivity contribution in [2.45, 2.75) is 50.7 Å². The van der Waals surface area contributed by atoms with Crippen LogP contribution in [0.5, 0.6) is 0 Å². The molecular weight excluding hydrogens is 363 g/mol. The zero-order valence-corrected chi connectivity index (χ0v) is 14.8. The summed E-state index contributed by atoms with van der Waals surface area (Å²) in [6, 6.07) is 0. The van der Waals surface area contributed by atoms with Gasteiger partial charge in [0.1, 0.15) is 0 Å². The molecule has 0 spiro atoms. The summed E-state index contributed by atoms with van der Waals surface area (Å²) >= 11 is 0. The first kappa shape index (κ1) is 17.7. The van der Waals surface area contributed by atoms with Gasteiger partial charge in [-0.25, -0.2) is 14.8 Å². The molecule has 3 heterocycles. The van der Waals surface area contributed by atoms with Gasteiger partial charge in [-0.15, -0.1) is 0 Å². The highest BCUT2D eigenvalue weighted by molar-refractivity contribution is 5.80. The van der Waals surface area contributed by atoms with E-state index < -0.39 is 17.3 Å². The summed E-state index contributed by atoms with van der Waals surface area (Å²) in [5.74, 6) is -0.466. The van der Waals surface area contributed by atoms with Crippen LogP contribution in [0.3, 0.4) is 0 Å². The van der Waals surface area contributed by atoms with Crippen molar-refractivity contribution >= 4 is 17.6 Å². The summed E-state index contributed by atoms with van der Waals surface area (Å²) in [7, 11) is 0. The number of aromatic nitrogens is 4. The number of rotatable bonds is 4. The number of halogens is 3. The molecule has 27 heavy (non-hydrogen) atoms. The minimum absolute atomic E-state index is 0.0244. The molecular formula is C17H18F3N5O2. The molecule has 1 aliphatic heterocycles. The minimum Gasteiger partial charge on any atom is -0.464 e. The molecule has 1 atom stereocenters. The molecule has 1 aliphatic carbocycles. The third-order valence-electron chi connectivity index (χ3n) is 5.00. The third kappa shape index (κ3) is 3.13. The third-order valence-corrected chi connectivity index (χ3v) is 5.00. The fraction of sp³-hybridized carbons (Fsp3) is 0.529. The molecule has 7 nitrogen and oxygen atoms in total. The second-order valence-corrected chi connectivity index (χ2v) is 7.12. The zero-order chi connectivity index (χ0) is 19.4. The minimum atomic E-state index is -4.48. The molecule has 144 valence electrons. The van der Waals surface area contributed by atoms with Crippen LogP contribution in [-0.2, 0) is 21.2 Å². The number of cyclic esters (lactones) is 1. The van der Waals surface area contributed by atoms with E-state index in [9.17, 15) is 18.0 Å². The average molecular weight is 381 g/mol. The van der Waals surface area contributed by atoms with E-state index in [0.29, 0.717) is 37.3 Å². The predicted octanol–water partition coefficient (Wildman–Crippen LogP) is 3.28. The Hall–Kier alpha value is -2.65. The number of alkyl halides is 3. The molecule has 2 fully saturated rings. The SMILES string of the molecule is Cc1nn([C@]2(C)CCOC2=O)cc1Nc1ncc(C(F)(F)F)c(C2CC2)n1. The molecule has 2 aromatic rings. The van der Waals surface area contributed by atoms with Gasteiger partial charge in [-0.05, 0) is 26.7 Å². The van der Waals surface area contributed by atoms with Crippen LogP contribution >= 0.6 is 0 Å². The van der Waals surface area contributed by atoms with E-state index >= 15 is 0 Å². The topological polar surface area (TPSA) is 81.9 Å². The molecule has 0 amide bonds. The van der Waals surface area contributed by atoms with Crippen molar-refractivity contribution in [3.05, 3.63) is 29.3 Å². The maximum Gasteiger partial charge on any atom is 0.419 e. The van der Waals surface area contributed by atoms with Crippen LogP contribution in [0.1, 0.15) is 49.1 Å². The Balaban J connectivity index is 1.63. The highest BCUT2D eigenvalue weighted by Gasteiger charge is 2.43. The molecule has 1 saturated heterocycles. The van der Waals surface area contributed by atoms with Gasteiger partial charge in [-0.1, -0.05) is 0 Å². The number of carbonyl (C=O) groups excluding carboxylic acids is 1. The van der Waals surface area contributed by atoms with Crippen LogP contribution in [0.4, 0.5) is 24.8 Å². The van der Waals surface area contributed by atoms with Crippen LogP contribution in [0, 0.1) is 6.92 Å². The van der Waals surface area contributed by atoms with Crippen molar-refractivity contribution in [2.75, 3.05) is 11.9 Å². The van der Waals surface area contributed by atoms with E-state index in [2.05, 4.69) is 20.4 Å². The maximum absolute atomic E-state index is 13.2. The number of hydrogen-bond acceptors (Lipinski definition) is 6. The monoisotopic (exact) mass is 381 g/mol. The van der Waals surface area contributed by atoms with Gasteiger partial charge >= 0.3 is 12.1 Å². The van der Waals surface area contributed by atoms with Gasteiger partial charge < -0.3 is 10.1 Å². The Kier molecular flexibility index (Phi) is 3.90. The Morgan fingerprint density at radius 3 is 2.70 bits per heavy atom. The molecule has 0 unspecified atom stereocenters. The van der Waals surface area contributed by atoms with Crippen LogP contribution in [0.15, 0.2) is 12.4 Å². The molecule has 0 aromatic carbocycles. The van der Waals surface area contributed by atoms with E-state index in [1.807, 2.05) is 0 Å². The van der Waals surface area contributed by atoms with E-state index in [1.165, 1.54) is 4.68 Å². The highest BCUT2D eigenvalue weighted by Crippen LogP contribution is 2.45. The lowest BCUT2D eigenvalue weighted by Gasteiger charge is -2.19. The molecule has 10 heteroatoms. The van der Waals surface area contributed by atoms with Crippen LogP contribution < -0.4 is 5.32 Å². The number of carbonyl (C=O) groups is 1. The van der Waals surface area contributed by atoms with Crippen LogP contribution in [0.2, 0.25) is 0 Å². The van der Waals surface area contributed by atoms with Gasteiger partial charge in [0.25, 0.3) is 0 Å². The maximum atomic E-state index is 13.2. The Labute approximate surface area is 152 Å². The van der Waals surface area contributed by atoms with E-state index in [0.717, 1.165) is 6.20 Å². The van der Waals surface area contributed by atoms with Crippen molar-refractivity contribution in [3.8, 4) is 0 Å². The van der Waals surface area contributed by atoms with Gasteiger partial charge in [0.2, 0.25) is 5.95 Å². The molecule has 0 bridgehead atoms. The average Bonchev–Trinajstić information content (AvgIpc) is 3.30. The number of hydrogen-bond donors (Lipinski definition) is 1. The number of nitrogens with one attached hydrogen (secondary N) is 1. The normalized spacial score (nSPS) is 22.8. The van der Waals surface area contributed by atoms with Crippen molar-refractivity contribution in [2.24, 2.45) is 0 Å². The summed E-state index contributed by atoms with van der Waals surface area (Å²) in [5.41, 5.74) is -0.560. The summed E-state index contributed by atoms with van der Waals surface area (Å²) in [6.45, 7) is 3.79. The van der Waals surface area contributed by atoms with Crippen molar-refractivity contribution in [1.29, 1.82) is 0 Å². The Morgan fingerprint density at radius 1 is 1.37 bits per heavy atom. The lowest BCUT2D eigenvalue weighted by Crippen LogP contribution is -2.35. The molecule has 2 aromatic heterocycles. The molecule has 2 aliphatic rings. The van der Waals surface area contributed by atoms with Crippen molar-refractivity contribution < 1.29 is 22.7 Å². The number of aryl methyl sites for hydroxylation is 1. The fourth-order valence-electron chi connectivity index (χ4n) is 3.11. The van der Waals surface area contributed by atoms with Gasteiger partial charge in [-0.2, -0.15) is 18.3 Å². The number of anilines is 2. The zero-order valence-electron chi connectivity index (χ0n) is 14.8. The molecule has 1 saturated carbocycles. The van der Waals surface area contributed by atoms with Gasteiger partial charge in [0.15, 0.2) is 5.54 Å². The number of ether oxygens (including phenoxy) is 1. The lowest BCUT2D eigenvalue weighted by molar-refractivity contribution is -0.145. The van der Waals surface area contributed by atoms with Gasteiger partial charge in [-0.3, -0.25) is 4.68 Å². The largest absolute Gasteiger partial charge is 0.464 e. The van der Waals surface area contributed by atoms with Crippen molar-refractivity contribution in [1.82, 2.24) is 19.7 Å². The first-order chi connectivity index (χ1) is 12.7. The quantitative estimate of drug-likeness (QED) is 0.819. The molecule has 1 N–H and O–H groups in total. The second kappa shape index (κ2) is 5.93. The lowest BCUT2D eigenvalue weighted by atomic mass is 10.0. The highest BCUT2D eigenvalue weighted by atomic mass is 19.4. The number of nitrogens with zero attached hydrogens (tertiary/aromatic N) is 4. The van der Waals surface area contributed by atoms with Gasteiger partial charge in [0.05, 0.1) is 35.4 Å². The second-order valence-electron chi connectivity index (χ2n) is 7.12. The Morgan fingerprint density at radius 2 is 2.11 bits per heavy atom. The summed E-state index contributed by atoms with van der Waals surface area (Å²) in [5, 5.41) is 7.28. The molecule has 4 rings (SSSR count). The smallest absolute Gasteiger partial charge is 0.419 e. The van der Waals surface area contributed by atoms with Crippen LogP contribution in [-0.4, -0.2) is 32.3 Å². The van der Waals surface area contributed by atoms with Crippen molar-refractivity contribution in [3.63, 3.8) is 0 Å². The summed E-state index contributed by atoms with van der Waals surface area (Å²) in [4.78, 5) is 19.9. The van der Waals surface area contributed by atoms with Gasteiger partial charge in [0, 0.05) is 18.5 Å². The van der Waals surface area contributed by atoms with E-state index in [1.54, 1.807) is 20.0 Å². The summed E-state index contributed by atoms with van der Waals surface area (Å²) in [6.07, 6.45) is -0.157. The number of esters is 1. The standard InChI is InChI=1S/C17H18F3N5O2/c1-9-12(8-25(24-9)16(2)5-6-27-14(16)26)22-15-21-7-11(17(18,19)20)13(23-15)10-3-4-10/h7-8,10H,3-6H2,1-2H3,(H,21,22,23)/t16-/m1/s1. The van der Waals surface area contributed by atoms with Crippen LogP contribution in [0.25, 0.3) is 0 Å². The van der Waals surface area contributed by atoms with E-state index in [-0.39, 0.29) is 23.5 Å². The summed E-state index contributed by atoms with van der Waals surface area (Å²) < 4.78 is 46.0. The predicted molar refractivity (Wildman–Crippen MR) is 88.5 cm³/mol. The first-order valence-corrected chi connectivity index (χ1v) is 8.63. The first-order valence-electron chi connectivity index (χ1n) is 8.63. The Bertz CT molecular complexity index is 906. The fourth-order valence-corrected chi connectivity index (χ4v) is 3.11. The van der Waals surface area contributed by atoms with E-state index in [4.69, 9.17) is 4.74 Å².